The van der Waals surface area contributed by atoms with Gasteiger partial charge in [-0.1, -0.05) is 6.92 Å². The number of carbonyl (C=O) groups excluding carboxylic acids is 1. The van der Waals surface area contributed by atoms with Crippen molar-refractivity contribution in [1.82, 2.24) is 19.6 Å². The normalized spacial score (nSPS) is 28.0. The summed E-state index contributed by atoms with van der Waals surface area (Å²) in [5, 5.41) is 4.59. The predicted molar refractivity (Wildman–Crippen MR) is 85.5 cm³/mol. The standard InChI is InChI=1S/C15H23BrN4O/c1-3-11-15(16)12(20(4-2)17-11)9-14(21)13-10-18-5-7-19(13)8-6-18/h13H,3-10H2,1-2H3. The minimum absolute atomic E-state index is 0.0738. The molecule has 4 heterocycles. The third-order valence-corrected chi connectivity index (χ3v) is 5.60. The van der Waals surface area contributed by atoms with Gasteiger partial charge in [0.15, 0.2) is 5.78 Å². The molecule has 4 rings (SSSR count). The van der Waals surface area contributed by atoms with Gasteiger partial charge in [0, 0.05) is 39.3 Å². The first kappa shape index (κ1) is 15.2. The first-order valence-electron chi connectivity index (χ1n) is 7.87. The second kappa shape index (κ2) is 6.18. The van der Waals surface area contributed by atoms with Gasteiger partial charge in [0.1, 0.15) is 0 Å². The number of hydrogen-bond acceptors (Lipinski definition) is 4. The summed E-state index contributed by atoms with van der Waals surface area (Å²) in [7, 11) is 0. The maximum atomic E-state index is 12.7. The summed E-state index contributed by atoms with van der Waals surface area (Å²) in [6, 6.07) is 0.0738. The monoisotopic (exact) mass is 354 g/mol. The van der Waals surface area contributed by atoms with Gasteiger partial charge in [-0.3, -0.25) is 19.3 Å². The summed E-state index contributed by atoms with van der Waals surface area (Å²) < 4.78 is 2.99. The lowest BCUT2D eigenvalue weighted by Gasteiger charge is -2.46. The lowest BCUT2D eigenvalue weighted by Crippen LogP contribution is -2.63. The van der Waals surface area contributed by atoms with Crippen LogP contribution in [0.5, 0.6) is 0 Å². The van der Waals surface area contributed by atoms with E-state index in [9.17, 15) is 4.79 Å². The fraction of sp³-hybridized carbons (Fsp3) is 0.733. The number of ketones is 1. The fourth-order valence-electron chi connectivity index (χ4n) is 3.39. The highest BCUT2D eigenvalue weighted by Crippen LogP contribution is 2.25. The lowest BCUT2D eigenvalue weighted by molar-refractivity contribution is -0.128. The molecule has 0 aliphatic carbocycles. The molecule has 3 aliphatic heterocycles. The zero-order valence-corrected chi connectivity index (χ0v) is 14.4. The quantitative estimate of drug-likeness (QED) is 0.800. The zero-order valence-electron chi connectivity index (χ0n) is 12.8. The maximum absolute atomic E-state index is 12.7. The fourth-order valence-corrected chi connectivity index (χ4v) is 4.10. The Hall–Kier alpha value is -0.720. The molecule has 116 valence electrons. The number of aryl methyl sites for hydroxylation is 2. The van der Waals surface area contributed by atoms with Gasteiger partial charge in [-0.25, -0.2) is 0 Å². The van der Waals surface area contributed by atoms with Crippen molar-refractivity contribution >= 4 is 21.7 Å². The van der Waals surface area contributed by atoms with Gasteiger partial charge in [0.2, 0.25) is 0 Å². The maximum Gasteiger partial charge on any atom is 0.157 e. The first-order chi connectivity index (χ1) is 10.1. The Morgan fingerprint density at radius 3 is 2.52 bits per heavy atom. The van der Waals surface area contributed by atoms with Gasteiger partial charge in [0.05, 0.1) is 28.3 Å². The highest BCUT2D eigenvalue weighted by Gasteiger charge is 2.36. The van der Waals surface area contributed by atoms with Crippen molar-refractivity contribution in [3.05, 3.63) is 15.9 Å². The lowest BCUT2D eigenvalue weighted by atomic mass is 10.0. The van der Waals surface area contributed by atoms with E-state index in [0.717, 1.165) is 61.5 Å². The molecular weight excluding hydrogens is 332 g/mol. The number of nitrogens with zero attached hydrogens (tertiary/aromatic N) is 4. The average molecular weight is 355 g/mol. The molecule has 0 saturated carbocycles. The van der Waals surface area contributed by atoms with Gasteiger partial charge in [-0.15, -0.1) is 0 Å². The van der Waals surface area contributed by atoms with Crippen LogP contribution in [0.3, 0.4) is 0 Å². The number of Topliss-reactive ketones (excluding diaryl/α,β-unsaturated/α-hetero) is 1. The number of aromatic nitrogens is 2. The second-order valence-electron chi connectivity index (χ2n) is 5.87. The first-order valence-corrected chi connectivity index (χ1v) is 8.66. The highest BCUT2D eigenvalue weighted by molar-refractivity contribution is 9.10. The van der Waals surface area contributed by atoms with Crippen LogP contribution in [0.4, 0.5) is 0 Å². The highest BCUT2D eigenvalue weighted by atomic mass is 79.9. The summed E-state index contributed by atoms with van der Waals surface area (Å²) in [5.41, 5.74) is 2.09. The predicted octanol–water partition coefficient (Wildman–Crippen LogP) is 1.34. The summed E-state index contributed by atoms with van der Waals surface area (Å²) in [6.45, 7) is 10.2. The number of halogens is 1. The van der Waals surface area contributed by atoms with Crippen LogP contribution in [0.25, 0.3) is 0 Å². The van der Waals surface area contributed by atoms with Crippen LogP contribution in [0, 0.1) is 0 Å². The molecular formula is C15H23BrN4O. The van der Waals surface area contributed by atoms with Crippen LogP contribution in [0.2, 0.25) is 0 Å². The van der Waals surface area contributed by atoms with Crippen molar-refractivity contribution in [1.29, 1.82) is 0 Å². The van der Waals surface area contributed by atoms with Gasteiger partial charge >= 0.3 is 0 Å². The van der Waals surface area contributed by atoms with Crippen molar-refractivity contribution in [2.45, 2.75) is 39.3 Å². The number of hydrogen-bond donors (Lipinski definition) is 0. The number of rotatable bonds is 5. The van der Waals surface area contributed by atoms with E-state index in [4.69, 9.17) is 0 Å². The topological polar surface area (TPSA) is 41.4 Å². The van der Waals surface area contributed by atoms with Gasteiger partial charge in [-0.2, -0.15) is 5.10 Å². The average Bonchev–Trinajstić information content (AvgIpc) is 2.84. The van der Waals surface area contributed by atoms with E-state index in [1.165, 1.54) is 0 Å². The van der Waals surface area contributed by atoms with E-state index in [1.54, 1.807) is 0 Å². The van der Waals surface area contributed by atoms with Crippen molar-refractivity contribution < 1.29 is 4.79 Å². The Morgan fingerprint density at radius 1 is 1.29 bits per heavy atom. The molecule has 3 aliphatic rings. The van der Waals surface area contributed by atoms with Crippen LogP contribution in [0.15, 0.2) is 4.47 Å². The molecule has 0 N–H and O–H groups in total. The molecule has 0 spiro atoms. The molecule has 1 aromatic rings. The molecule has 0 radical (unpaired) electrons. The number of piperazine rings is 3. The van der Waals surface area contributed by atoms with Gasteiger partial charge < -0.3 is 0 Å². The SMILES string of the molecule is CCc1nn(CC)c(CC(=O)C2CN3CCN2CC3)c1Br. The Morgan fingerprint density at radius 2 is 2.00 bits per heavy atom. The molecule has 6 heteroatoms. The van der Waals surface area contributed by atoms with E-state index in [2.05, 4.69) is 44.7 Å². The van der Waals surface area contributed by atoms with Crippen LogP contribution in [0.1, 0.15) is 25.2 Å². The molecule has 1 aromatic heterocycles. The molecule has 21 heavy (non-hydrogen) atoms. The van der Waals surface area contributed by atoms with Gasteiger partial charge in [0.25, 0.3) is 0 Å². The third kappa shape index (κ3) is 2.81. The van der Waals surface area contributed by atoms with E-state index < -0.39 is 0 Å². The third-order valence-electron chi connectivity index (χ3n) is 4.69. The van der Waals surface area contributed by atoms with Crippen molar-refractivity contribution in [2.24, 2.45) is 0 Å². The van der Waals surface area contributed by atoms with Crippen LogP contribution >= 0.6 is 15.9 Å². The molecule has 2 bridgehead atoms. The molecule has 1 unspecified atom stereocenters. The molecule has 1 atom stereocenters. The van der Waals surface area contributed by atoms with Gasteiger partial charge in [-0.05, 0) is 29.3 Å². The van der Waals surface area contributed by atoms with E-state index in [1.807, 2.05) is 4.68 Å². The second-order valence-corrected chi connectivity index (χ2v) is 6.67. The smallest absolute Gasteiger partial charge is 0.157 e. The molecule has 5 nitrogen and oxygen atoms in total. The van der Waals surface area contributed by atoms with E-state index in [-0.39, 0.29) is 6.04 Å². The molecule has 3 saturated heterocycles. The minimum Gasteiger partial charge on any atom is -0.299 e. The summed E-state index contributed by atoms with van der Waals surface area (Å²) in [6.07, 6.45) is 1.37. The molecule has 0 amide bonds. The zero-order chi connectivity index (χ0) is 15.0. The Labute approximate surface area is 134 Å². The van der Waals surface area contributed by atoms with Crippen molar-refractivity contribution in [2.75, 3.05) is 32.7 Å². The van der Waals surface area contributed by atoms with E-state index in [0.29, 0.717) is 12.2 Å². The Kier molecular flexibility index (Phi) is 4.47. The minimum atomic E-state index is 0.0738. The summed E-state index contributed by atoms with van der Waals surface area (Å²) in [4.78, 5) is 17.5. The van der Waals surface area contributed by atoms with Crippen LogP contribution < -0.4 is 0 Å². The number of fused-ring (bicyclic) bond motifs is 3. The van der Waals surface area contributed by atoms with Crippen molar-refractivity contribution in [3.63, 3.8) is 0 Å². The van der Waals surface area contributed by atoms with Crippen LogP contribution in [-0.4, -0.2) is 64.1 Å². The summed E-state index contributed by atoms with van der Waals surface area (Å²) >= 11 is 3.64. The Bertz CT molecular complexity index is 534. The van der Waals surface area contributed by atoms with E-state index >= 15 is 0 Å². The molecule has 3 fully saturated rings. The van der Waals surface area contributed by atoms with Crippen LogP contribution in [-0.2, 0) is 24.2 Å². The van der Waals surface area contributed by atoms with Crippen molar-refractivity contribution in [3.8, 4) is 0 Å². The Balaban J connectivity index is 1.77. The number of carbonyl (C=O) groups is 1. The molecule has 0 aromatic carbocycles. The summed E-state index contributed by atoms with van der Waals surface area (Å²) in [5.74, 6) is 0.331. The largest absolute Gasteiger partial charge is 0.299 e.